The molecule has 0 atom stereocenters. The number of rotatable bonds is 11. The van der Waals surface area contributed by atoms with Crippen LogP contribution in [0.1, 0.15) is 22.3 Å². The molecule has 34 heavy (non-hydrogen) atoms. The second-order valence-electron chi connectivity index (χ2n) is 7.82. The second kappa shape index (κ2) is 11.6. The quantitative estimate of drug-likeness (QED) is 0.380. The Balaban J connectivity index is 1.52. The van der Waals surface area contributed by atoms with Gasteiger partial charge in [0.05, 0.1) is 18.6 Å². The number of methoxy groups -OCH3 is 1. The highest BCUT2D eigenvalue weighted by Gasteiger charge is 2.15. The van der Waals surface area contributed by atoms with Crippen LogP contribution >= 0.6 is 0 Å². The van der Waals surface area contributed by atoms with Gasteiger partial charge in [-0.25, -0.2) is 8.42 Å². The Kier molecular flexibility index (Phi) is 8.54. The largest absolute Gasteiger partial charge is 0.493 e. The van der Waals surface area contributed by atoms with Crippen LogP contribution in [-0.2, 0) is 16.4 Å². The van der Waals surface area contributed by atoms with Gasteiger partial charge in [-0.1, -0.05) is 36.4 Å². The Morgan fingerprint density at radius 2 is 1.68 bits per heavy atom. The maximum atomic E-state index is 12.8. The standard InChI is InChI=1S/C26H29NO6S/c1-27(15-8-16-32-22-11-7-12-23(18-22)34(3,29)30)26(28)21-13-14-24(25(17-21)31-2)33-19-20-9-5-4-6-10-20/h4-7,9-14,17-18H,8,15-16,19H2,1-3H3. The van der Waals surface area contributed by atoms with Crippen molar-refractivity contribution in [1.82, 2.24) is 4.90 Å². The third-order valence-corrected chi connectivity index (χ3v) is 6.24. The summed E-state index contributed by atoms with van der Waals surface area (Å²) >= 11 is 0. The lowest BCUT2D eigenvalue weighted by atomic mass is 10.1. The van der Waals surface area contributed by atoms with E-state index in [1.165, 1.54) is 12.1 Å². The van der Waals surface area contributed by atoms with Crippen molar-refractivity contribution in [2.75, 3.05) is 33.6 Å². The van der Waals surface area contributed by atoms with Crippen LogP contribution in [0.2, 0.25) is 0 Å². The normalized spacial score (nSPS) is 11.0. The van der Waals surface area contributed by atoms with E-state index < -0.39 is 9.84 Å². The van der Waals surface area contributed by atoms with Crippen molar-refractivity contribution in [3.63, 3.8) is 0 Å². The van der Waals surface area contributed by atoms with Crippen LogP contribution in [0.25, 0.3) is 0 Å². The average molecular weight is 484 g/mol. The Hall–Kier alpha value is -3.52. The zero-order valence-electron chi connectivity index (χ0n) is 19.6. The van der Waals surface area contributed by atoms with Gasteiger partial charge in [-0.3, -0.25) is 4.79 Å². The van der Waals surface area contributed by atoms with Gasteiger partial charge in [0.25, 0.3) is 5.91 Å². The van der Waals surface area contributed by atoms with E-state index in [1.807, 2.05) is 30.3 Å². The Morgan fingerprint density at radius 3 is 2.38 bits per heavy atom. The summed E-state index contributed by atoms with van der Waals surface area (Å²) in [7, 11) is -0.0286. The smallest absolute Gasteiger partial charge is 0.253 e. The number of sulfone groups is 1. The number of carbonyl (C=O) groups is 1. The molecule has 0 aliphatic carbocycles. The molecule has 0 N–H and O–H groups in total. The van der Waals surface area contributed by atoms with Gasteiger partial charge in [0.2, 0.25) is 0 Å². The highest BCUT2D eigenvalue weighted by molar-refractivity contribution is 7.90. The molecule has 0 radical (unpaired) electrons. The van der Waals surface area contributed by atoms with Gasteiger partial charge >= 0.3 is 0 Å². The zero-order valence-corrected chi connectivity index (χ0v) is 20.4. The maximum absolute atomic E-state index is 12.8. The molecule has 0 aliphatic rings. The van der Waals surface area contributed by atoms with E-state index in [1.54, 1.807) is 49.4 Å². The van der Waals surface area contributed by atoms with Crippen molar-refractivity contribution in [3.05, 3.63) is 83.9 Å². The predicted octanol–water partition coefficient (Wildman–Crippen LogP) is 4.22. The molecule has 0 aliphatic heterocycles. The summed E-state index contributed by atoms with van der Waals surface area (Å²) in [5, 5.41) is 0. The zero-order chi connectivity index (χ0) is 24.6. The minimum absolute atomic E-state index is 0.146. The first-order valence-corrected chi connectivity index (χ1v) is 12.7. The second-order valence-corrected chi connectivity index (χ2v) is 9.83. The van der Waals surface area contributed by atoms with Gasteiger partial charge in [0, 0.05) is 25.4 Å². The van der Waals surface area contributed by atoms with E-state index in [-0.39, 0.29) is 10.8 Å². The fraction of sp³-hybridized carbons (Fsp3) is 0.269. The summed E-state index contributed by atoms with van der Waals surface area (Å²) in [6.07, 6.45) is 1.74. The van der Waals surface area contributed by atoms with Gasteiger partial charge in [0.1, 0.15) is 12.4 Å². The lowest BCUT2D eigenvalue weighted by Crippen LogP contribution is -2.28. The van der Waals surface area contributed by atoms with Crippen LogP contribution in [0.4, 0.5) is 0 Å². The molecular formula is C26H29NO6S. The van der Waals surface area contributed by atoms with Crippen molar-refractivity contribution in [1.29, 1.82) is 0 Å². The molecule has 0 bridgehead atoms. The lowest BCUT2D eigenvalue weighted by Gasteiger charge is -2.18. The Morgan fingerprint density at radius 1 is 0.912 bits per heavy atom. The minimum Gasteiger partial charge on any atom is -0.493 e. The van der Waals surface area contributed by atoms with Crippen molar-refractivity contribution in [2.24, 2.45) is 0 Å². The molecule has 180 valence electrons. The summed E-state index contributed by atoms with van der Waals surface area (Å²) in [5.41, 5.74) is 1.53. The third kappa shape index (κ3) is 6.99. The van der Waals surface area contributed by atoms with E-state index >= 15 is 0 Å². The van der Waals surface area contributed by atoms with Gasteiger partial charge in [-0.15, -0.1) is 0 Å². The molecule has 0 unspecified atom stereocenters. The first kappa shape index (κ1) is 25.1. The van der Waals surface area contributed by atoms with Crippen LogP contribution in [-0.4, -0.2) is 52.8 Å². The molecule has 0 heterocycles. The molecule has 1 amide bonds. The number of carbonyl (C=O) groups excluding carboxylic acids is 1. The van der Waals surface area contributed by atoms with Crippen LogP contribution in [0.15, 0.2) is 77.7 Å². The number of benzene rings is 3. The summed E-state index contributed by atoms with van der Waals surface area (Å²) in [5.74, 6) is 1.39. The summed E-state index contributed by atoms with van der Waals surface area (Å²) in [6.45, 7) is 1.22. The molecule has 8 heteroatoms. The van der Waals surface area contributed by atoms with Gasteiger partial charge in [-0.2, -0.15) is 0 Å². The SMILES string of the molecule is COc1cc(C(=O)N(C)CCCOc2cccc(S(C)(=O)=O)c2)ccc1OCc1ccccc1. The summed E-state index contributed by atoms with van der Waals surface area (Å²) in [4.78, 5) is 14.7. The monoisotopic (exact) mass is 483 g/mol. The van der Waals surface area contributed by atoms with Gasteiger partial charge < -0.3 is 19.1 Å². The molecule has 0 saturated carbocycles. The fourth-order valence-corrected chi connectivity index (χ4v) is 3.92. The first-order valence-electron chi connectivity index (χ1n) is 10.8. The Labute approximate surface area is 200 Å². The highest BCUT2D eigenvalue weighted by Crippen LogP contribution is 2.29. The van der Waals surface area contributed by atoms with E-state index in [0.717, 1.165) is 11.8 Å². The molecule has 7 nitrogen and oxygen atoms in total. The van der Waals surface area contributed by atoms with E-state index in [4.69, 9.17) is 14.2 Å². The number of hydrogen-bond acceptors (Lipinski definition) is 6. The number of ether oxygens (including phenoxy) is 3. The molecule has 0 spiro atoms. The topological polar surface area (TPSA) is 82.1 Å². The van der Waals surface area contributed by atoms with Crippen LogP contribution < -0.4 is 14.2 Å². The molecule has 0 aromatic heterocycles. The van der Waals surface area contributed by atoms with Crippen molar-refractivity contribution < 1.29 is 27.4 Å². The van der Waals surface area contributed by atoms with Gasteiger partial charge in [0.15, 0.2) is 21.3 Å². The molecule has 0 saturated heterocycles. The third-order valence-electron chi connectivity index (χ3n) is 5.13. The predicted molar refractivity (Wildman–Crippen MR) is 130 cm³/mol. The lowest BCUT2D eigenvalue weighted by molar-refractivity contribution is 0.0787. The highest BCUT2D eigenvalue weighted by atomic mass is 32.2. The average Bonchev–Trinajstić information content (AvgIpc) is 2.85. The van der Waals surface area contributed by atoms with Crippen LogP contribution in [0.5, 0.6) is 17.2 Å². The number of hydrogen-bond donors (Lipinski definition) is 0. The maximum Gasteiger partial charge on any atom is 0.253 e. The molecule has 3 aromatic carbocycles. The minimum atomic E-state index is -3.29. The van der Waals surface area contributed by atoms with Crippen molar-refractivity contribution >= 4 is 15.7 Å². The van der Waals surface area contributed by atoms with E-state index in [2.05, 4.69) is 0 Å². The Bertz CT molecular complexity index is 1210. The molecule has 0 fully saturated rings. The summed E-state index contributed by atoms with van der Waals surface area (Å²) < 4.78 is 40.3. The number of nitrogens with zero attached hydrogens (tertiary/aromatic N) is 1. The van der Waals surface area contributed by atoms with Crippen LogP contribution in [0.3, 0.4) is 0 Å². The molecular weight excluding hydrogens is 454 g/mol. The molecule has 3 rings (SSSR count). The van der Waals surface area contributed by atoms with Crippen molar-refractivity contribution in [2.45, 2.75) is 17.9 Å². The van der Waals surface area contributed by atoms with Crippen molar-refractivity contribution in [3.8, 4) is 17.2 Å². The first-order chi connectivity index (χ1) is 16.3. The van der Waals surface area contributed by atoms with Crippen LogP contribution in [0, 0.1) is 0 Å². The summed E-state index contributed by atoms with van der Waals surface area (Å²) in [6, 6.07) is 21.3. The van der Waals surface area contributed by atoms with E-state index in [9.17, 15) is 13.2 Å². The molecule has 3 aromatic rings. The fourth-order valence-electron chi connectivity index (χ4n) is 3.26. The van der Waals surface area contributed by atoms with Gasteiger partial charge in [-0.05, 0) is 48.4 Å². The number of amides is 1. The van der Waals surface area contributed by atoms with E-state index in [0.29, 0.717) is 49.0 Å².